The topological polar surface area (TPSA) is 29.5 Å². The van der Waals surface area contributed by atoms with Crippen molar-refractivity contribution in [1.29, 1.82) is 0 Å². The van der Waals surface area contributed by atoms with Crippen LogP contribution in [0.4, 0.5) is 0 Å². The van der Waals surface area contributed by atoms with Gasteiger partial charge in [0.2, 0.25) is 0 Å². The number of esters is 1. The predicted octanol–water partition coefficient (Wildman–Crippen LogP) is 4.24. The SMILES string of the molecule is CCCOC(=O)C(c1ccccc1Cl)N1CCCCC1.Cl. The first-order valence-electron chi connectivity index (χ1n) is 7.39. The lowest BCUT2D eigenvalue weighted by atomic mass is 10.0. The summed E-state index contributed by atoms with van der Waals surface area (Å²) in [5.74, 6) is -0.179. The molecule has 5 heteroatoms. The van der Waals surface area contributed by atoms with E-state index in [9.17, 15) is 4.79 Å². The molecule has 2 rings (SSSR count). The molecule has 0 aromatic heterocycles. The van der Waals surface area contributed by atoms with Crippen molar-refractivity contribution in [3.8, 4) is 0 Å². The molecule has 1 aliphatic rings. The van der Waals surface area contributed by atoms with E-state index in [0.717, 1.165) is 37.9 Å². The van der Waals surface area contributed by atoms with Crippen LogP contribution in [0.2, 0.25) is 5.02 Å². The van der Waals surface area contributed by atoms with Crippen molar-refractivity contribution in [1.82, 2.24) is 4.90 Å². The van der Waals surface area contributed by atoms with Gasteiger partial charge >= 0.3 is 5.97 Å². The van der Waals surface area contributed by atoms with Gasteiger partial charge in [-0.25, -0.2) is 4.79 Å². The fourth-order valence-corrected chi connectivity index (χ4v) is 2.87. The smallest absolute Gasteiger partial charge is 0.328 e. The third-order valence-electron chi connectivity index (χ3n) is 3.63. The summed E-state index contributed by atoms with van der Waals surface area (Å²) in [6.07, 6.45) is 4.32. The Bertz CT molecular complexity index is 448. The van der Waals surface area contributed by atoms with Gasteiger partial charge in [0.05, 0.1) is 6.61 Å². The van der Waals surface area contributed by atoms with Gasteiger partial charge in [0.15, 0.2) is 0 Å². The highest BCUT2D eigenvalue weighted by molar-refractivity contribution is 6.31. The van der Waals surface area contributed by atoms with Gasteiger partial charge in [-0.3, -0.25) is 4.90 Å². The van der Waals surface area contributed by atoms with E-state index in [1.54, 1.807) is 0 Å². The molecule has 21 heavy (non-hydrogen) atoms. The van der Waals surface area contributed by atoms with Crippen molar-refractivity contribution >= 4 is 30.0 Å². The number of carbonyl (C=O) groups is 1. The number of rotatable bonds is 5. The summed E-state index contributed by atoms with van der Waals surface area (Å²) < 4.78 is 5.38. The average Bonchev–Trinajstić information content (AvgIpc) is 2.48. The lowest BCUT2D eigenvalue weighted by Gasteiger charge is -2.33. The maximum Gasteiger partial charge on any atom is 0.328 e. The number of hydrogen-bond acceptors (Lipinski definition) is 3. The standard InChI is InChI=1S/C16H22ClNO2.ClH/c1-2-12-20-16(19)15(18-10-6-3-7-11-18)13-8-4-5-9-14(13)17;/h4-5,8-9,15H,2-3,6-7,10-12H2,1H3;1H. The first-order chi connectivity index (χ1) is 9.74. The summed E-state index contributed by atoms with van der Waals surface area (Å²) >= 11 is 6.28. The number of ether oxygens (including phenoxy) is 1. The summed E-state index contributed by atoms with van der Waals surface area (Å²) in [6.45, 7) is 4.32. The molecule has 1 unspecified atom stereocenters. The zero-order valence-corrected chi connectivity index (χ0v) is 14.0. The second kappa shape index (κ2) is 9.29. The van der Waals surface area contributed by atoms with Crippen LogP contribution in [0.5, 0.6) is 0 Å². The normalized spacial score (nSPS) is 16.9. The highest BCUT2D eigenvalue weighted by Gasteiger charge is 2.31. The zero-order valence-electron chi connectivity index (χ0n) is 12.4. The minimum atomic E-state index is -0.365. The molecule has 0 bridgehead atoms. The highest BCUT2D eigenvalue weighted by atomic mass is 35.5. The predicted molar refractivity (Wildman–Crippen MR) is 88.1 cm³/mol. The fraction of sp³-hybridized carbons (Fsp3) is 0.562. The van der Waals surface area contributed by atoms with E-state index in [1.165, 1.54) is 6.42 Å². The van der Waals surface area contributed by atoms with E-state index in [-0.39, 0.29) is 24.4 Å². The molecule has 1 heterocycles. The molecule has 1 fully saturated rings. The lowest BCUT2D eigenvalue weighted by molar-refractivity contribution is -0.150. The van der Waals surface area contributed by atoms with Crippen LogP contribution in [-0.2, 0) is 9.53 Å². The summed E-state index contributed by atoms with van der Waals surface area (Å²) in [6, 6.07) is 7.20. The second-order valence-corrected chi connectivity index (χ2v) is 5.60. The van der Waals surface area contributed by atoms with Gasteiger partial charge in [0.1, 0.15) is 6.04 Å². The van der Waals surface area contributed by atoms with Gasteiger partial charge in [0.25, 0.3) is 0 Å². The summed E-state index contributed by atoms with van der Waals surface area (Å²) in [5, 5.41) is 0.636. The van der Waals surface area contributed by atoms with E-state index in [2.05, 4.69) is 4.90 Å². The zero-order chi connectivity index (χ0) is 14.4. The molecule has 0 amide bonds. The number of hydrogen-bond donors (Lipinski definition) is 0. The molecular weight excluding hydrogens is 309 g/mol. The Morgan fingerprint density at radius 1 is 1.29 bits per heavy atom. The van der Waals surface area contributed by atoms with Crippen LogP contribution in [0.3, 0.4) is 0 Å². The molecule has 1 aromatic carbocycles. The average molecular weight is 332 g/mol. The lowest BCUT2D eigenvalue weighted by Crippen LogP contribution is -2.39. The quantitative estimate of drug-likeness (QED) is 0.755. The van der Waals surface area contributed by atoms with Crippen LogP contribution < -0.4 is 0 Å². The van der Waals surface area contributed by atoms with Crippen LogP contribution in [0.1, 0.15) is 44.2 Å². The van der Waals surface area contributed by atoms with Crippen LogP contribution in [0, 0.1) is 0 Å². The summed E-state index contributed by atoms with van der Waals surface area (Å²) in [4.78, 5) is 14.6. The van der Waals surface area contributed by atoms with E-state index in [1.807, 2.05) is 31.2 Å². The van der Waals surface area contributed by atoms with Crippen molar-refractivity contribution in [3.63, 3.8) is 0 Å². The van der Waals surface area contributed by atoms with Crippen molar-refractivity contribution in [2.24, 2.45) is 0 Å². The molecule has 1 atom stereocenters. The first-order valence-corrected chi connectivity index (χ1v) is 7.77. The van der Waals surface area contributed by atoms with Crippen LogP contribution in [0.25, 0.3) is 0 Å². The Labute approximate surface area is 138 Å². The molecule has 0 saturated carbocycles. The van der Waals surface area contributed by atoms with Crippen molar-refractivity contribution < 1.29 is 9.53 Å². The third kappa shape index (κ3) is 4.87. The number of piperidine rings is 1. The van der Waals surface area contributed by atoms with Crippen molar-refractivity contribution in [3.05, 3.63) is 34.9 Å². The Kier molecular flexibility index (Phi) is 8.09. The molecule has 0 aliphatic carbocycles. The molecule has 1 aliphatic heterocycles. The molecule has 118 valence electrons. The summed E-state index contributed by atoms with van der Waals surface area (Å²) in [7, 11) is 0. The Morgan fingerprint density at radius 2 is 1.95 bits per heavy atom. The largest absolute Gasteiger partial charge is 0.464 e. The third-order valence-corrected chi connectivity index (χ3v) is 3.97. The van der Waals surface area contributed by atoms with E-state index >= 15 is 0 Å². The maximum atomic E-state index is 12.4. The fourth-order valence-electron chi connectivity index (χ4n) is 2.63. The first kappa shape index (κ1) is 18.3. The molecule has 0 N–H and O–H groups in total. The highest BCUT2D eigenvalue weighted by Crippen LogP contribution is 2.30. The number of likely N-dealkylation sites (tertiary alicyclic amines) is 1. The van der Waals surface area contributed by atoms with Crippen LogP contribution in [0.15, 0.2) is 24.3 Å². The molecule has 3 nitrogen and oxygen atoms in total. The Balaban J connectivity index is 0.00000220. The van der Waals surface area contributed by atoms with Gasteiger partial charge in [-0.1, -0.05) is 43.1 Å². The van der Waals surface area contributed by atoms with Gasteiger partial charge in [0, 0.05) is 5.02 Å². The number of nitrogens with zero attached hydrogens (tertiary/aromatic N) is 1. The molecule has 1 saturated heterocycles. The number of benzene rings is 1. The molecule has 0 radical (unpaired) electrons. The van der Waals surface area contributed by atoms with Crippen LogP contribution >= 0.6 is 24.0 Å². The Hall–Kier alpha value is -0.770. The van der Waals surface area contributed by atoms with Gasteiger partial charge in [-0.2, -0.15) is 0 Å². The van der Waals surface area contributed by atoms with E-state index < -0.39 is 0 Å². The van der Waals surface area contributed by atoms with Gasteiger partial charge in [-0.05, 0) is 44.0 Å². The van der Waals surface area contributed by atoms with Crippen molar-refractivity contribution in [2.45, 2.75) is 38.6 Å². The number of halogens is 2. The van der Waals surface area contributed by atoms with Gasteiger partial charge in [-0.15, -0.1) is 12.4 Å². The maximum absolute atomic E-state index is 12.4. The monoisotopic (exact) mass is 331 g/mol. The van der Waals surface area contributed by atoms with Crippen molar-refractivity contribution in [2.75, 3.05) is 19.7 Å². The Morgan fingerprint density at radius 3 is 2.57 bits per heavy atom. The van der Waals surface area contributed by atoms with E-state index in [4.69, 9.17) is 16.3 Å². The second-order valence-electron chi connectivity index (χ2n) is 5.19. The minimum absolute atomic E-state index is 0. The minimum Gasteiger partial charge on any atom is -0.464 e. The van der Waals surface area contributed by atoms with Gasteiger partial charge < -0.3 is 4.74 Å². The van der Waals surface area contributed by atoms with Crippen LogP contribution in [-0.4, -0.2) is 30.6 Å². The number of carbonyl (C=O) groups excluding carboxylic acids is 1. The molecular formula is C16H23Cl2NO2. The van der Waals surface area contributed by atoms with E-state index in [0.29, 0.717) is 11.6 Å². The summed E-state index contributed by atoms with van der Waals surface area (Å²) in [5.41, 5.74) is 0.858. The molecule has 0 spiro atoms. The molecule has 1 aromatic rings.